The number of hydrogen-bond donors (Lipinski definition) is 1. The van der Waals surface area contributed by atoms with E-state index in [1.165, 1.54) is 16.4 Å². The summed E-state index contributed by atoms with van der Waals surface area (Å²) in [4.78, 5) is 12.5. The highest BCUT2D eigenvalue weighted by Crippen LogP contribution is 2.31. The summed E-state index contributed by atoms with van der Waals surface area (Å²) in [5, 5.41) is 3.60. The fourth-order valence-electron chi connectivity index (χ4n) is 2.74. The molecule has 1 unspecified atom stereocenters. The molecule has 132 valence electrons. The molecule has 0 spiro atoms. The maximum atomic E-state index is 13.1. The van der Waals surface area contributed by atoms with Gasteiger partial charge in [-0.15, -0.1) is 0 Å². The van der Waals surface area contributed by atoms with Crippen molar-refractivity contribution in [3.8, 4) is 0 Å². The van der Waals surface area contributed by atoms with Crippen LogP contribution in [0.4, 0.5) is 0 Å². The minimum atomic E-state index is -3.89. The molecule has 0 saturated carbocycles. The normalized spacial score (nSPS) is 18.8. The topological polar surface area (TPSA) is 66.5 Å². The van der Waals surface area contributed by atoms with E-state index in [-0.39, 0.29) is 23.9 Å². The van der Waals surface area contributed by atoms with Crippen LogP contribution in [0, 0.1) is 6.92 Å². The highest BCUT2D eigenvalue weighted by atomic mass is 35.5. The van der Waals surface area contributed by atoms with Crippen molar-refractivity contribution in [1.82, 2.24) is 9.62 Å². The number of nitrogens with one attached hydrogen (secondary N) is 1. The first-order valence-electron chi connectivity index (χ1n) is 7.62. The van der Waals surface area contributed by atoms with Gasteiger partial charge in [0.25, 0.3) is 0 Å². The molecule has 1 amide bonds. The predicted molar refractivity (Wildman–Crippen MR) is 97.3 cm³/mol. The van der Waals surface area contributed by atoms with E-state index in [1.54, 1.807) is 37.3 Å². The smallest absolute Gasteiger partial charge is 0.244 e. The molecule has 1 saturated heterocycles. The number of carbonyl (C=O) groups is 1. The van der Waals surface area contributed by atoms with Crippen LogP contribution in [-0.2, 0) is 14.8 Å². The van der Waals surface area contributed by atoms with E-state index < -0.39 is 16.1 Å². The Kier molecular flexibility index (Phi) is 5.06. The molecule has 1 heterocycles. The molecule has 8 heteroatoms. The first kappa shape index (κ1) is 18.2. The first-order valence-corrected chi connectivity index (χ1v) is 9.81. The second-order valence-electron chi connectivity index (χ2n) is 5.77. The van der Waals surface area contributed by atoms with Gasteiger partial charge in [0.1, 0.15) is 6.04 Å². The van der Waals surface area contributed by atoms with Crippen LogP contribution in [0.3, 0.4) is 0 Å². The number of rotatable bonds is 3. The Hall–Kier alpha value is -1.60. The SMILES string of the molecule is Cc1ccc(S(=O)(=O)N2CCNC(=O)C2c2ccc(Cl)cc2)cc1Cl. The number of nitrogens with zero attached hydrogens (tertiary/aromatic N) is 1. The molecule has 1 aliphatic rings. The molecular weight excluding hydrogens is 383 g/mol. The molecule has 5 nitrogen and oxygen atoms in total. The lowest BCUT2D eigenvalue weighted by Gasteiger charge is -2.34. The second kappa shape index (κ2) is 6.96. The Morgan fingerprint density at radius 1 is 1.12 bits per heavy atom. The summed E-state index contributed by atoms with van der Waals surface area (Å²) < 4.78 is 27.4. The Bertz CT molecular complexity index is 914. The Morgan fingerprint density at radius 2 is 1.80 bits per heavy atom. The Balaban J connectivity index is 2.06. The summed E-state index contributed by atoms with van der Waals surface area (Å²) >= 11 is 12.0. The van der Waals surface area contributed by atoms with Crippen molar-refractivity contribution in [1.29, 1.82) is 0 Å². The average Bonchev–Trinajstić information content (AvgIpc) is 2.58. The van der Waals surface area contributed by atoms with Gasteiger partial charge in [-0.05, 0) is 42.3 Å². The minimum absolute atomic E-state index is 0.0664. The lowest BCUT2D eigenvalue weighted by atomic mass is 10.1. The lowest BCUT2D eigenvalue weighted by molar-refractivity contribution is -0.126. The van der Waals surface area contributed by atoms with E-state index in [0.29, 0.717) is 15.6 Å². The van der Waals surface area contributed by atoms with Crippen LogP contribution in [-0.4, -0.2) is 31.7 Å². The quantitative estimate of drug-likeness (QED) is 0.862. The Labute approximate surface area is 156 Å². The molecule has 25 heavy (non-hydrogen) atoms. The molecule has 0 aliphatic carbocycles. The maximum absolute atomic E-state index is 13.1. The van der Waals surface area contributed by atoms with E-state index in [0.717, 1.165) is 5.56 Å². The molecule has 1 atom stereocenters. The molecule has 2 aromatic rings. The van der Waals surface area contributed by atoms with Crippen molar-refractivity contribution in [2.24, 2.45) is 0 Å². The van der Waals surface area contributed by atoms with Gasteiger partial charge < -0.3 is 5.32 Å². The molecule has 1 aliphatic heterocycles. The number of carbonyl (C=O) groups excluding carboxylic acids is 1. The summed E-state index contributed by atoms with van der Waals surface area (Å²) in [6.07, 6.45) is 0. The first-order chi connectivity index (χ1) is 11.8. The van der Waals surface area contributed by atoms with Crippen molar-refractivity contribution < 1.29 is 13.2 Å². The van der Waals surface area contributed by atoms with E-state index in [9.17, 15) is 13.2 Å². The van der Waals surface area contributed by atoms with Crippen LogP contribution in [0.1, 0.15) is 17.2 Å². The number of aryl methyl sites for hydroxylation is 1. The van der Waals surface area contributed by atoms with E-state index in [2.05, 4.69) is 5.32 Å². The van der Waals surface area contributed by atoms with Crippen molar-refractivity contribution >= 4 is 39.1 Å². The van der Waals surface area contributed by atoms with Crippen LogP contribution in [0.15, 0.2) is 47.4 Å². The summed E-state index contributed by atoms with van der Waals surface area (Å²) in [5.74, 6) is -0.365. The Morgan fingerprint density at radius 3 is 2.44 bits per heavy atom. The zero-order chi connectivity index (χ0) is 18.2. The number of sulfonamides is 1. The number of benzene rings is 2. The van der Waals surface area contributed by atoms with Gasteiger partial charge in [-0.25, -0.2) is 8.42 Å². The zero-order valence-electron chi connectivity index (χ0n) is 13.4. The van der Waals surface area contributed by atoms with Gasteiger partial charge >= 0.3 is 0 Å². The standard InChI is InChI=1S/C17H16Cl2N2O3S/c1-11-2-7-14(10-15(11)19)25(23,24)21-9-8-20-17(22)16(21)12-3-5-13(18)6-4-12/h2-7,10,16H,8-9H2,1H3,(H,20,22). The van der Waals surface area contributed by atoms with Gasteiger partial charge in [-0.2, -0.15) is 4.31 Å². The van der Waals surface area contributed by atoms with Crippen LogP contribution >= 0.6 is 23.2 Å². The van der Waals surface area contributed by atoms with Gasteiger partial charge in [0.05, 0.1) is 4.90 Å². The van der Waals surface area contributed by atoms with Gasteiger partial charge in [0, 0.05) is 23.1 Å². The van der Waals surface area contributed by atoms with Crippen LogP contribution in [0.25, 0.3) is 0 Å². The van der Waals surface area contributed by atoms with Gasteiger partial charge in [0.2, 0.25) is 15.9 Å². The molecule has 0 aromatic heterocycles. The van der Waals surface area contributed by atoms with E-state index >= 15 is 0 Å². The molecule has 0 radical (unpaired) electrons. The third-order valence-corrected chi connectivity index (χ3v) is 6.62. The van der Waals surface area contributed by atoms with Crippen molar-refractivity contribution in [3.05, 3.63) is 63.6 Å². The molecule has 1 fully saturated rings. The largest absolute Gasteiger partial charge is 0.353 e. The van der Waals surface area contributed by atoms with E-state index in [1.807, 2.05) is 0 Å². The summed E-state index contributed by atoms with van der Waals surface area (Å²) in [7, 11) is -3.89. The van der Waals surface area contributed by atoms with E-state index in [4.69, 9.17) is 23.2 Å². The zero-order valence-corrected chi connectivity index (χ0v) is 15.7. The molecule has 1 N–H and O–H groups in total. The fraction of sp³-hybridized carbons (Fsp3) is 0.235. The van der Waals surface area contributed by atoms with Crippen LogP contribution in [0.5, 0.6) is 0 Å². The third kappa shape index (κ3) is 3.53. The highest BCUT2D eigenvalue weighted by molar-refractivity contribution is 7.89. The summed E-state index contributed by atoms with van der Waals surface area (Å²) in [6.45, 7) is 2.22. The number of amides is 1. The molecular formula is C17H16Cl2N2O3S. The average molecular weight is 399 g/mol. The lowest BCUT2D eigenvalue weighted by Crippen LogP contribution is -2.52. The van der Waals surface area contributed by atoms with Gasteiger partial charge in [-0.1, -0.05) is 41.4 Å². The summed E-state index contributed by atoms with van der Waals surface area (Å²) in [6, 6.07) is 10.2. The predicted octanol–water partition coefficient (Wildman–Crippen LogP) is 3.16. The van der Waals surface area contributed by atoms with Crippen molar-refractivity contribution in [2.45, 2.75) is 17.9 Å². The van der Waals surface area contributed by atoms with Crippen molar-refractivity contribution in [2.75, 3.05) is 13.1 Å². The van der Waals surface area contributed by atoms with Gasteiger partial charge in [0.15, 0.2) is 0 Å². The van der Waals surface area contributed by atoms with Gasteiger partial charge in [-0.3, -0.25) is 4.79 Å². The minimum Gasteiger partial charge on any atom is -0.353 e. The monoisotopic (exact) mass is 398 g/mol. The number of piperazine rings is 1. The summed E-state index contributed by atoms with van der Waals surface area (Å²) in [5.41, 5.74) is 1.34. The van der Waals surface area contributed by atoms with Crippen molar-refractivity contribution in [3.63, 3.8) is 0 Å². The highest BCUT2D eigenvalue weighted by Gasteiger charge is 2.39. The maximum Gasteiger partial charge on any atom is 0.244 e. The molecule has 3 rings (SSSR count). The third-order valence-electron chi connectivity index (χ3n) is 4.10. The van der Waals surface area contributed by atoms with Crippen LogP contribution in [0.2, 0.25) is 10.0 Å². The fourth-order valence-corrected chi connectivity index (χ4v) is 4.71. The van der Waals surface area contributed by atoms with Crippen LogP contribution < -0.4 is 5.32 Å². The molecule has 0 bridgehead atoms. The second-order valence-corrected chi connectivity index (χ2v) is 8.51. The molecule has 2 aromatic carbocycles. The number of halogens is 2. The number of hydrogen-bond acceptors (Lipinski definition) is 3.